The lowest BCUT2D eigenvalue weighted by atomic mass is 10.2. The van der Waals surface area contributed by atoms with Crippen LogP contribution < -0.4 is 5.32 Å². The highest BCUT2D eigenvalue weighted by Crippen LogP contribution is 2.18. The fraction of sp³-hybridized carbons (Fsp3) is 0.182. The van der Waals surface area contributed by atoms with E-state index in [4.69, 9.17) is 0 Å². The number of nitrogens with zero attached hydrogens (tertiary/aromatic N) is 3. The molecule has 1 amide bonds. The number of carbonyl (C=O) groups excluding carboxylic acids is 1. The third-order valence-electron chi connectivity index (χ3n) is 2.35. The molecule has 19 heavy (non-hydrogen) atoms. The smallest absolute Gasteiger partial charge is 0.269 e. The van der Waals surface area contributed by atoms with Crippen LogP contribution >= 0.6 is 11.8 Å². The molecule has 1 aromatic rings. The van der Waals surface area contributed by atoms with Crippen LogP contribution in [0.2, 0.25) is 0 Å². The molecule has 0 aromatic heterocycles. The van der Waals surface area contributed by atoms with Gasteiger partial charge >= 0.3 is 0 Å². The van der Waals surface area contributed by atoms with E-state index < -0.39 is 4.92 Å². The number of non-ortho nitro benzene ring substituents is 1. The van der Waals surface area contributed by atoms with Gasteiger partial charge in [-0.3, -0.25) is 14.9 Å². The molecule has 1 N–H and O–H groups in total. The van der Waals surface area contributed by atoms with Crippen molar-refractivity contribution in [3.63, 3.8) is 0 Å². The van der Waals surface area contributed by atoms with Crippen molar-refractivity contribution in [2.24, 2.45) is 10.2 Å². The number of nitro benzene ring substituents is 1. The van der Waals surface area contributed by atoms with Gasteiger partial charge in [-0.25, -0.2) is 0 Å². The van der Waals surface area contributed by atoms with Gasteiger partial charge in [-0.1, -0.05) is 11.8 Å². The van der Waals surface area contributed by atoms with Gasteiger partial charge in [0.1, 0.15) is 0 Å². The van der Waals surface area contributed by atoms with Gasteiger partial charge in [0.05, 0.1) is 16.4 Å². The van der Waals surface area contributed by atoms with Gasteiger partial charge in [0.15, 0.2) is 5.17 Å². The zero-order chi connectivity index (χ0) is 13.8. The molecule has 1 atom stereocenters. The van der Waals surface area contributed by atoms with E-state index in [2.05, 4.69) is 15.5 Å². The molecular weight excluding hydrogens is 268 g/mol. The molecule has 0 saturated carbocycles. The average Bonchev–Trinajstić information content (AvgIpc) is 2.69. The summed E-state index contributed by atoms with van der Waals surface area (Å²) in [6.07, 6.45) is 1.46. The maximum atomic E-state index is 11.2. The van der Waals surface area contributed by atoms with Crippen molar-refractivity contribution in [2.75, 3.05) is 0 Å². The number of rotatable bonds is 3. The Morgan fingerprint density at radius 1 is 1.42 bits per heavy atom. The van der Waals surface area contributed by atoms with Crippen molar-refractivity contribution in [2.45, 2.75) is 12.2 Å². The summed E-state index contributed by atoms with van der Waals surface area (Å²) in [5.74, 6) is -0.0886. The highest BCUT2D eigenvalue weighted by molar-refractivity contribution is 8.15. The van der Waals surface area contributed by atoms with Crippen molar-refractivity contribution in [1.29, 1.82) is 0 Å². The second kappa shape index (κ2) is 5.61. The number of hydrogen-bond donors (Lipinski definition) is 1. The van der Waals surface area contributed by atoms with Crippen molar-refractivity contribution >= 4 is 34.7 Å². The highest BCUT2D eigenvalue weighted by atomic mass is 32.2. The standard InChI is InChI=1S/C11H10N4O3S/c1-7-10(16)13-11(19-7)14-12-6-8-2-4-9(5-3-8)15(17)18/h2-7H,1H3,(H,13,14,16)/b12-6+. The van der Waals surface area contributed by atoms with Crippen molar-refractivity contribution in [3.8, 4) is 0 Å². The average molecular weight is 278 g/mol. The molecule has 1 aliphatic heterocycles. The number of benzene rings is 1. The first kappa shape index (κ1) is 13.2. The number of hydrogen-bond acceptors (Lipinski definition) is 6. The Labute approximate surface area is 112 Å². The minimum atomic E-state index is -0.465. The zero-order valence-corrected chi connectivity index (χ0v) is 10.8. The van der Waals surface area contributed by atoms with Crippen LogP contribution in [-0.2, 0) is 4.79 Å². The van der Waals surface area contributed by atoms with Crippen LogP contribution in [-0.4, -0.2) is 27.5 Å². The lowest BCUT2D eigenvalue weighted by Gasteiger charge is -1.92. The molecule has 1 saturated heterocycles. The molecule has 1 aliphatic rings. The van der Waals surface area contributed by atoms with Gasteiger partial charge in [-0.2, -0.15) is 5.10 Å². The molecule has 0 radical (unpaired) electrons. The van der Waals surface area contributed by atoms with Gasteiger partial charge in [0, 0.05) is 12.1 Å². The normalized spacial score (nSPS) is 21.0. The lowest BCUT2D eigenvalue weighted by Crippen LogP contribution is -2.23. The third-order valence-corrected chi connectivity index (χ3v) is 3.32. The number of nitrogens with one attached hydrogen (secondary N) is 1. The summed E-state index contributed by atoms with van der Waals surface area (Å²) in [4.78, 5) is 21.2. The number of thioether (sulfide) groups is 1. The lowest BCUT2D eigenvalue weighted by molar-refractivity contribution is -0.384. The first-order chi connectivity index (χ1) is 9.06. The SMILES string of the molecule is CC1S/C(=N\N=C\c2ccc([N+](=O)[O-])cc2)NC1=O. The van der Waals surface area contributed by atoms with Crippen LogP contribution in [0.3, 0.4) is 0 Å². The van der Waals surface area contributed by atoms with E-state index in [1.807, 2.05) is 0 Å². The first-order valence-electron chi connectivity index (χ1n) is 5.39. The van der Waals surface area contributed by atoms with E-state index in [1.165, 1.54) is 30.1 Å². The fourth-order valence-corrected chi connectivity index (χ4v) is 2.09. The molecule has 2 rings (SSSR count). The Bertz CT molecular complexity index is 568. The fourth-order valence-electron chi connectivity index (χ4n) is 1.34. The summed E-state index contributed by atoms with van der Waals surface area (Å²) in [5.41, 5.74) is 0.716. The summed E-state index contributed by atoms with van der Waals surface area (Å²) in [6, 6.07) is 5.93. The van der Waals surface area contributed by atoms with Crippen LogP contribution in [0, 0.1) is 10.1 Å². The van der Waals surface area contributed by atoms with E-state index >= 15 is 0 Å². The van der Waals surface area contributed by atoms with Crippen molar-refractivity contribution < 1.29 is 9.72 Å². The second-order valence-corrected chi connectivity index (χ2v) is 5.08. The minimum Gasteiger partial charge on any atom is -0.303 e. The molecule has 8 heteroatoms. The Morgan fingerprint density at radius 3 is 2.63 bits per heavy atom. The first-order valence-corrected chi connectivity index (χ1v) is 6.27. The monoisotopic (exact) mass is 278 g/mol. The summed E-state index contributed by atoms with van der Waals surface area (Å²) in [5, 5.41) is 21.0. The van der Waals surface area contributed by atoms with Crippen LogP contribution in [0.5, 0.6) is 0 Å². The summed E-state index contributed by atoms with van der Waals surface area (Å²) < 4.78 is 0. The van der Waals surface area contributed by atoms with E-state index in [0.717, 1.165) is 0 Å². The van der Waals surface area contributed by atoms with Gasteiger partial charge in [0.25, 0.3) is 5.69 Å². The van der Waals surface area contributed by atoms with Crippen molar-refractivity contribution in [1.82, 2.24) is 5.32 Å². The van der Waals surface area contributed by atoms with Crippen LogP contribution in [0.4, 0.5) is 5.69 Å². The van der Waals surface area contributed by atoms with E-state index in [9.17, 15) is 14.9 Å². The zero-order valence-electron chi connectivity index (χ0n) is 9.94. The number of amides is 1. The molecule has 1 heterocycles. The maximum Gasteiger partial charge on any atom is 0.269 e. The number of amidine groups is 1. The van der Waals surface area contributed by atoms with E-state index in [1.54, 1.807) is 19.1 Å². The molecule has 0 aliphatic carbocycles. The summed E-state index contributed by atoms with van der Waals surface area (Å²) in [7, 11) is 0. The predicted octanol–water partition coefficient (Wildman–Crippen LogP) is 1.54. The molecule has 1 aromatic carbocycles. The van der Waals surface area contributed by atoms with E-state index in [-0.39, 0.29) is 16.8 Å². The van der Waals surface area contributed by atoms with E-state index in [0.29, 0.717) is 10.7 Å². The molecule has 0 spiro atoms. The quantitative estimate of drug-likeness (QED) is 0.515. The predicted molar refractivity (Wildman–Crippen MR) is 73.3 cm³/mol. The van der Waals surface area contributed by atoms with Gasteiger partial charge < -0.3 is 5.32 Å². The topological polar surface area (TPSA) is 97.0 Å². The molecule has 1 fully saturated rings. The Hall–Kier alpha value is -2.22. The maximum absolute atomic E-state index is 11.2. The molecule has 1 unspecified atom stereocenters. The van der Waals surface area contributed by atoms with Gasteiger partial charge in [-0.15, -0.1) is 5.10 Å². The van der Waals surface area contributed by atoms with Crippen LogP contribution in [0.25, 0.3) is 0 Å². The number of carbonyl (C=O) groups is 1. The molecule has 98 valence electrons. The Kier molecular flexibility index (Phi) is 3.91. The Balaban J connectivity index is 2.01. The number of nitro groups is 1. The highest BCUT2D eigenvalue weighted by Gasteiger charge is 2.25. The molecule has 0 bridgehead atoms. The van der Waals surface area contributed by atoms with Crippen molar-refractivity contribution in [3.05, 3.63) is 39.9 Å². The largest absolute Gasteiger partial charge is 0.303 e. The Morgan fingerprint density at radius 2 is 2.11 bits per heavy atom. The molecule has 7 nitrogen and oxygen atoms in total. The van der Waals surface area contributed by atoms with Crippen LogP contribution in [0.1, 0.15) is 12.5 Å². The van der Waals surface area contributed by atoms with Crippen LogP contribution in [0.15, 0.2) is 34.5 Å². The molecular formula is C11H10N4O3S. The second-order valence-electron chi connectivity index (χ2n) is 3.75. The minimum absolute atomic E-state index is 0.0240. The summed E-state index contributed by atoms with van der Waals surface area (Å²) >= 11 is 1.30. The van der Waals surface area contributed by atoms with Gasteiger partial charge in [-0.05, 0) is 24.6 Å². The van der Waals surface area contributed by atoms with Gasteiger partial charge in [0.2, 0.25) is 5.91 Å². The third kappa shape index (κ3) is 3.38. The summed E-state index contributed by atoms with van der Waals surface area (Å²) in [6.45, 7) is 1.78.